The average molecular weight is 435 g/mol. The van der Waals surface area contributed by atoms with E-state index in [1.165, 1.54) is 51.8 Å². The zero-order chi connectivity index (χ0) is 17.3. The number of rotatable bonds is 11. The molecule has 2 aromatic rings. The molecule has 0 atom stereocenters. The van der Waals surface area contributed by atoms with Gasteiger partial charge in [0.05, 0.1) is 0 Å². The second-order valence-corrected chi connectivity index (χ2v) is 20.0. The van der Waals surface area contributed by atoms with Crippen molar-refractivity contribution in [2.75, 3.05) is 0 Å². The minimum atomic E-state index is -2.52. The van der Waals surface area contributed by atoms with Gasteiger partial charge in [0, 0.05) is 0 Å². The second kappa shape index (κ2) is 10.2. The number of nitrogens with zero attached hydrogens (tertiary/aromatic N) is 2. The molecule has 0 aromatic carbocycles. The molecular formula is C20H32N2OSn. The molecule has 0 fully saturated rings. The standard InChI is InChI=1S/C8H5N2O.3C4H9.Sn/c1-3-7(10-9-5-1)8-4-2-6-11-8;3*1-3-4-2;/h1-2,4-6H;3*1,3-4H2,2H3;. The first-order valence-corrected chi connectivity index (χ1v) is 17.1. The Morgan fingerprint density at radius 1 is 0.917 bits per heavy atom. The molecular weight excluding hydrogens is 403 g/mol. The van der Waals surface area contributed by atoms with Gasteiger partial charge in [-0.2, -0.15) is 0 Å². The quantitative estimate of drug-likeness (QED) is 0.420. The van der Waals surface area contributed by atoms with Crippen LogP contribution in [0.25, 0.3) is 11.5 Å². The van der Waals surface area contributed by atoms with Crippen molar-refractivity contribution in [3.05, 3.63) is 30.7 Å². The predicted molar refractivity (Wildman–Crippen MR) is 104 cm³/mol. The van der Waals surface area contributed by atoms with Gasteiger partial charge in [-0.1, -0.05) is 0 Å². The zero-order valence-corrected chi connectivity index (χ0v) is 18.4. The Hall–Kier alpha value is -0.841. The number of unbranched alkanes of at least 4 members (excludes halogenated alkanes) is 3. The summed E-state index contributed by atoms with van der Waals surface area (Å²) < 4.78 is 11.6. The van der Waals surface area contributed by atoms with Crippen LogP contribution in [0.2, 0.25) is 13.3 Å². The SMILES string of the molecule is CCC[CH2][Sn]([CH2]CCC)([CH2]CCC)[c]1ccnnc1-c1ccco1. The van der Waals surface area contributed by atoms with E-state index < -0.39 is 18.4 Å². The molecule has 0 bridgehead atoms. The van der Waals surface area contributed by atoms with E-state index in [4.69, 9.17) is 4.42 Å². The van der Waals surface area contributed by atoms with Crippen molar-refractivity contribution < 1.29 is 4.42 Å². The van der Waals surface area contributed by atoms with Crippen LogP contribution in [0.5, 0.6) is 0 Å². The van der Waals surface area contributed by atoms with Crippen LogP contribution in [-0.2, 0) is 0 Å². The molecule has 0 aliphatic heterocycles. The van der Waals surface area contributed by atoms with Crippen molar-refractivity contribution in [2.24, 2.45) is 0 Å². The van der Waals surface area contributed by atoms with E-state index in [0.29, 0.717) is 0 Å². The Kier molecular flexibility index (Phi) is 8.29. The van der Waals surface area contributed by atoms with Crippen LogP contribution in [0.1, 0.15) is 59.3 Å². The normalized spacial score (nSPS) is 11.8. The van der Waals surface area contributed by atoms with Crippen molar-refractivity contribution in [2.45, 2.75) is 72.6 Å². The fourth-order valence-corrected chi connectivity index (χ4v) is 20.1. The average Bonchev–Trinajstić information content (AvgIpc) is 3.16. The molecule has 0 saturated carbocycles. The summed E-state index contributed by atoms with van der Waals surface area (Å²) in [6, 6.07) is 6.26. The number of furan rings is 1. The van der Waals surface area contributed by atoms with Gasteiger partial charge in [0.1, 0.15) is 0 Å². The molecule has 0 amide bonds. The Labute approximate surface area is 151 Å². The molecule has 0 radical (unpaired) electrons. The first-order valence-electron chi connectivity index (χ1n) is 9.63. The molecule has 0 saturated heterocycles. The summed E-state index contributed by atoms with van der Waals surface area (Å²) in [7, 11) is 0. The van der Waals surface area contributed by atoms with Gasteiger partial charge in [-0.25, -0.2) is 0 Å². The van der Waals surface area contributed by atoms with Crippen LogP contribution in [-0.4, -0.2) is 28.6 Å². The molecule has 0 unspecified atom stereocenters. The van der Waals surface area contributed by atoms with Crippen LogP contribution in [0.4, 0.5) is 0 Å². The first-order chi connectivity index (χ1) is 11.8. The van der Waals surface area contributed by atoms with Crippen LogP contribution in [0.3, 0.4) is 0 Å². The van der Waals surface area contributed by atoms with Gasteiger partial charge < -0.3 is 0 Å². The third-order valence-electron chi connectivity index (χ3n) is 5.07. The molecule has 24 heavy (non-hydrogen) atoms. The predicted octanol–water partition coefficient (Wildman–Crippen LogP) is 5.79. The molecule has 3 nitrogen and oxygen atoms in total. The molecule has 0 aliphatic carbocycles. The third-order valence-corrected chi connectivity index (χ3v) is 20.7. The Balaban J connectivity index is 2.48. The van der Waals surface area contributed by atoms with Crippen molar-refractivity contribution in [1.29, 1.82) is 0 Å². The monoisotopic (exact) mass is 436 g/mol. The van der Waals surface area contributed by atoms with Gasteiger partial charge >= 0.3 is 151 Å². The van der Waals surface area contributed by atoms with Gasteiger partial charge in [-0.3, -0.25) is 0 Å². The molecule has 0 spiro atoms. The van der Waals surface area contributed by atoms with Crippen LogP contribution in [0, 0.1) is 0 Å². The van der Waals surface area contributed by atoms with E-state index >= 15 is 0 Å². The van der Waals surface area contributed by atoms with Gasteiger partial charge in [-0.05, 0) is 0 Å². The summed E-state index contributed by atoms with van der Waals surface area (Å²) in [6.45, 7) is 6.94. The molecule has 2 heterocycles. The van der Waals surface area contributed by atoms with E-state index in [-0.39, 0.29) is 0 Å². The number of hydrogen-bond donors (Lipinski definition) is 0. The second-order valence-electron chi connectivity index (χ2n) is 6.86. The summed E-state index contributed by atoms with van der Waals surface area (Å²) in [5, 5.41) is 8.70. The number of hydrogen-bond acceptors (Lipinski definition) is 3. The van der Waals surface area contributed by atoms with Crippen LogP contribution >= 0.6 is 0 Å². The van der Waals surface area contributed by atoms with E-state index in [1.807, 2.05) is 18.3 Å². The van der Waals surface area contributed by atoms with E-state index in [1.54, 1.807) is 9.84 Å². The summed E-state index contributed by atoms with van der Waals surface area (Å²) in [4.78, 5) is 0. The maximum absolute atomic E-state index is 5.70. The third kappa shape index (κ3) is 4.84. The summed E-state index contributed by atoms with van der Waals surface area (Å²) in [5.74, 6) is 0.892. The van der Waals surface area contributed by atoms with Gasteiger partial charge in [-0.15, -0.1) is 0 Å². The first kappa shape index (κ1) is 19.5. The molecule has 0 aliphatic rings. The summed E-state index contributed by atoms with van der Waals surface area (Å²) in [6.07, 6.45) is 11.5. The van der Waals surface area contributed by atoms with Crippen LogP contribution < -0.4 is 3.58 Å². The summed E-state index contributed by atoms with van der Waals surface area (Å²) in [5.41, 5.74) is 1.03. The van der Waals surface area contributed by atoms with Crippen molar-refractivity contribution in [3.63, 3.8) is 0 Å². The fourth-order valence-electron chi connectivity index (χ4n) is 3.68. The van der Waals surface area contributed by atoms with E-state index in [2.05, 4.69) is 37.0 Å². The van der Waals surface area contributed by atoms with Gasteiger partial charge in [0.25, 0.3) is 0 Å². The number of aromatic nitrogens is 2. The maximum atomic E-state index is 5.70. The van der Waals surface area contributed by atoms with Gasteiger partial charge in [0.15, 0.2) is 0 Å². The molecule has 2 aromatic heterocycles. The molecule has 2 rings (SSSR count). The summed E-state index contributed by atoms with van der Waals surface area (Å²) >= 11 is -2.52. The van der Waals surface area contributed by atoms with Crippen LogP contribution in [0.15, 0.2) is 35.1 Å². The van der Waals surface area contributed by atoms with E-state index in [9.17, 15) is 0 Å². The topological polar surface area (TPSA) is 38.9 Å². The zero-order valence-electron chi connectivity index (χ0n) is 15.6. The molecule has 132 valence electrons. The molecule has 0 N–H and O–H groups in total. The Bertz CT molecular complexity index is 561. The van der Waals surface area contributed by atoms with Gasteiger partial charge in [0.2, 0.25) is 0 Å². The Morgan fingerprint density at radius 3 is 2.04 bits per heavy atom. The van der Waals surface area contributed by atoms with E-state index in [0.717, 1.165) is 11.5 Å². The van der Waals surface area contributed by atoms with Crippen molar-refractivity contribution in [3.8, 4) is 11.5 Å². The van der Waals surface area contributed by atoms with Crippen molar-refractivity contribution in [1.82, 2.24) is 10.2 Å². The Morgan fingerprint density at radius 2 is 1.54 bits per heavy atom. The fraction of sp³-hybridized carbons (Fsp3) is 0.600. The molecule has 4 heteroatoms. The minimum absolute atomic E-state index is 0.892. The van der Waals surface area contributed by atoms with Crippen molar-refractivity contribution >= 4 is 22.0 Å².